The molecule has 0 N–H and O–H groups in total. The number of thiocarbonyl (C=S) groups is 1. The standard InChI is InChI=1S/C19H19BrFNO3S/c1-23-17-11-14(19(26)22-5-7-24-8-6-22)10-16(20)18(17)25-12-13-3-2-4-15(21)9-13/h2-4,9-11H,5-8,12H2,1H3. The largest absolute Gasteiger partial charge is 0.493 e. The van der Waals surface area contributed by atoms with Crippen LogP contribution in [0.15, 0.2) is 40.9 Å². The molecule has 0 radical (unpaired) electrons. The van der Waals surface area contributed by atoms with Crippen molar-refractivity contribution in [2.45, 2.75) is 6.61 Å². The molecule has 0 aromatic heterocycles. The number of hydrogen-bond acceptors (Lipinski definition) is 4. The Morgan fingerprint density at radius 3 is 2.73 bits per heavy atom. The van der Waals surface area contributed by atoms with Crippen LogP contribution in [-0.2, 0) is 11.3 Å². The summed E-state index contributed by atoms with van der Waals surface area (Å²) >= 11 is 9.16. The maximum atomic E-state index is 13.3. The number of methoxy groups -OCH3 is 1. The van der Waals surface area contributed by atoms with E-state index in [1.165, 1.54) is 12.1 Å². The molecule has 2 aromatic rings. The summed E-state index contributed by atoms with van der Waals surface area (Å²) in [6, 6.07) is 10.1. The van der Waals surface area contributed by atoms with Gasteiger partial charge in [0, 0.05) is 18.7 Å². The van der Waals surface area contributed by atoms with Gasteiger partial charge in [0.1, 0.15) is 17.4 Å². The zero-order valence-corrected chi connectivity index (χ0v) is 16.7. The fourth-order valence-electron chi connectivity index (χ4n) is 2.71. The van der Waals surface area contributed by atoms with Gasteiger partial charge in [-0.3, -0.25) is 0 Å². The van der Waals surface area contributed by atoms with Crippen molar-refractivity contribution in [2.75, 3.05) is 33.4 Å². The second kappa shape index (κ2) is 8.79. The van der Waals surface area contributed by atoms with Crippen LogP contribution in [0.25, 0.3) is 0 Å². The average Bonchev–Trinajstić information content (AvgIpc) is 2.66. The molecule has 0 saturated carbocycles. The summed E-state index contributed by atoms with van der Waals surface area (Å²) in [6.07, 6.45) is 0. The van der Waals surface area contributed by atoms with Gasteiger partial charge in [0.2, 0.25) is 0 Å². The quantitative estimate of drug-likeness (QED) is 0.652. The molecule has 0 spiro atoms. The molecule has 1 heterocycles. The molecule has 3 rings (SSSR count). The summed E-state index contributed by atoms with van der Waals surface area (Å²) in [5, 5.41) is 0. The number of ether oxygens (including phenoxy) is 3. The van der Waals surface area contributed by atoms with Crippen LogP contribution in [0.2, 0.25) is 0 Å². The monoisotopic (exact) mass is 439 g/mol. The van der Waals surface area contributed by atoms with E-state index in [-0.39, 0.29) is 12.4 Å². The normalized spacial score (nSPS) is 14.2. The first-order chi connectivity index (χ1) is 12.6. The molecule has 2 aromatic carbocycles. The summed E-state index contributed by atoms with van der Waals surface area (Å²) in [6.45, 7) is 3.13. The van der Waals surface area contributed by atoms with E-state index in [1.807, 2.05) is 18.2 Å². The molecule has 0 bridgehead atoms. The van der Waals surface area contributed by atoms with E-state index >= 15 is 0 Å². The molecule has 26 heavy (non-hydrogen) atoms. The number of benzene rings is 2. The molecule has 4 nitrogen and oxygen atoms in total. The highest BCUT2D eigenvalue weighted by Crippen LogP contribution is 2.37. The minimum absolute atomic E-state index is 0.236. The molecule has 1 aliphatic rings. The van der Waals surface area contributed by atoms with E-state index < -0.39 is 0 Å². The van der Waals surface area contributed by atoms with E-state index in [0.29, 0.717) is 24.7 Å². The molecule has 138 valence electrons. The maximum absolute atomic E-state index is 13.3. The molecular weight excluding hydrogens is 421 g/mol. The second-order valence-corrected chi connectivity index (χ2v) is 7.05. The minimum Gasteiger partial charge on any atom is -0.493 e. The summed E-state index contributed by atoms with van der Waals surface area (Å²) in [5.41, 5.74) is 1.62. The van der Waals surface area contributed by atoms with Gasteiger partial charge >= 0.3 is 0 Å². The van der Waals surface area contributed by atoms with Crippen molar-refractivity contribution in [1.29, 1.82) is 0 Å². The number of nitrogens with zero attached hydrogens (tertiary/aromatic N) is 1. The zero-order chi connectivity index (χ0) is 18.5. The van der Waals surface area contributed by atoms with Crippen molar-refractivity contribution in [3.05, 3.63) is 57.8 Å². The maximum Gasteiger partial charge on any atom is 0.175 e. The zero-order valence-electron chi connectivity index (χ0n) is 14.3. The molecule has 7 heteroatoms. The predicted octanol–water partition coefficient (Wildman–Crippen LogP) is 4.18. The third-order valence-corrected chi connectivity index (χ3v) is 5.13. The topological polar surface area (TPSA) is 30.9 Å². The van der Waals surface area contributed by atoms with E-state index in [0.717, 1.165) is 33.7 Å². The van der Waals surface area contributed by atoms with Gasteiger partial charge in [-0.15, -0.1) is 0 Å². The van der Waals surface area contributed by atoms with E-state index in [1.54, 1.807) is 13.2 Å². The van der Waals surface area contributed by atoms with Gasteiger partial charge < -0.3 is 19.1 Å². The van der Waals surface area contributed by atoms with Crippen LogP contribution in [0.3, 0.4) is 0 Å². The van der Waals surface area contributed by atoms with E-state index in [4.69, 9.17) is 26.4 Å². The molecule has 1 fully saturated rings. The molecule has 0 aliphatic carbocycles. The van der Waals surface area contributed by atoms with Gasteiger partial charge in [0.05, 0.1) is 24.8 Å². The Morgan fingerprint density at radius 1 is 1.27 bits per heavy atom. The van der Waals surface area contributed by atoms with E-state index in [9.17, 15) is 4.39 Å². The highest BCUT2D eigenvalue weighted by molar-refractivity contribution is 9.10. The Balaban J connectivity index is 1.79. The fraction of sp³-hybridized carbons (Fsp3) is 0.316. The Kier molecular flexibility index (Phi) is 6.45. The lowest BCUT2D eigenvalue weighted by atomic mass is 10.1. The summed E-state index contributed by atoms with van der Waals surface area (Å²) in [5.74, 6) is 0.843. The Labute approximate surface area is 166 Å². The Bertz CT molecular complexity index is 796. The van der Waals surface area contributed by atoms with Crippen molar-refractivity contribution >= 4 is 33.1 Å². The number of halogens is 2. The number of hydrogen-bond donors (Lipinski definition) is 0. The summed E-state index contributed by atoms with van der Waals surface area (Å²) in [7, 11) is 1.58. The minimum atomic E-state index is -0.289. The molecule has 0 amide bonds. The SMILES string of the molecule is COc1cc(C(=S)N2CCOCC2)cc(Br)c1OCc1cccc(F)c1. The van der Waals surface area contributed by atoms with Crippen molar-refractivity contribution in [1.82, 2.24) is 4.90 Å². The van der Waals surface area contributed by atoms with Crippen LogP contribution in [0.1, 0.15) is 11.1 Å². The molecule has 0 unspecified atom stereocenters. The highest BCUT2D eigenvalue weighted by Gasteiger charge is 2.19. The van der Waals surface area contributed by atoms with Gasteiger partial charge in [0.25, 0.3) is 0 Å². The van der Waals surface area contributed by atoms with Crippen molar-refractivity contribution in [2.24, 2.45) is 0 Å². The van der Waals surface area contributed by atoms with E-state index in [2.05, 4.69) is 20.8 Å². The lowest BCUT2D eigenvalue weighted by molar-refractivity contribution is 0.0693. The van der Waals surface area contributed by atoms with Gasteiger partial charge in [-0.25, -0.2) is 4.39 Å². The predicted molar refractivity (Wildman–Crippen MR) is 106 cm³/mol. The Morgan fingerprint density at radius 2 is 2.04 bits per heavy atom. The summed E-state index contributed by atoms with van der Waals surface area (Å²) in [4.78, 5) is 2.87. The van der Waals surface area contributed by atoms with Crippen LogP contribution in [0.5, 0.6) is 11.5 Å². The smallest absolute Gasteiger partial charge is 0.175 e. The van der Waals surface area contributed by atoms with Gasteiger partial charge in [-0.1, -0.05) is 24.4 Å². The van der Waals surface area contributed by atoms with Crippen molar-refractivity contribution in [3.63, 3.8) is 0 Å². The average molecular weight is 440 g/mol. The van der Waals surface area contributed by atoms with Crippen LogP contribution in [0.4, 0.5) is 4.39 Å². The Hall–Kier alpha value is -1.70. The van der Waals surface area contributed by atoms with Crippen LogP contribution < -0.4 is 9.47 Å². The first kappa shape index (κ1) is 19.1. The third-order valence-electron chi connectivity index (χ3n) is 4.05. The lowest BCUT2D eigenvalue weighted by Gasteiger charge is -2.29. The number of rotatable bonds is 5. The summed E-state index contributed by atoms with van der Waals surface area (Å²) < 4.78 is 30.8. The van der Waals surface area contributed by atoms with Gasteiger partial charge in [-0.05, 0) is 45.8 Å². The second-order valence-electron chi connectivity index (χ2n) is 5.81. The molecule has 1 saturated heterocycles. The highest BCUT2D eigenvalue weighted by atomic mass is 79.9. The van der Waals surface area contributed by atoms with Crippen LogP contribution in [0, 0.1) is 5.82 Å². The van der Waals surface area contributed by atoms with Crippen LogP contribution in [-0.4, -0.2) is 43.3 Å². The number of morpholine rings is 1. The molecule has 0 atom stereocenters. The fourth-order valence-corrected chi connectivity index (χ4v) is 3.57. The first-order valence-electron chi connectivity index (χ1n) is 8.20. The lowest BCUT2D eigenvalue weighted by Crippen LogP contribution is -2.40. The van der Waals surface area contributed by atoms with Gasteiger partial charge in [0.15, 0.2) is 11.5 Å². The van der Waals surface area contributed by atoms with Crippen LogP contribution >= 0.6 is 28.1 Å². The van der Waals surface area contributed by atoms with Gasteiger partial charge in [-0.2, -0.15) is 0 Å². The van der Waals surface area contributed by atoms with Crippen molar-refractivity contribution < 1.29 is 18.6 Å². The molecule has 1 aliphatic heterocycles. The van der Waals surface area contributed by atoms with Crippen molar-refractivity contribution in [3.8, 4) is 11.5 Å². The third kappa shape index (κ3) is 4.52. The first-order valence-corrected chi connectivity index (χ1v) is 9.40. The molecular formula is C19H19BrFNO3S.